The summed E-state index contributed by atoms with van der Waals surface area (Å²) in [7, 11) is 2.29. The van der Waals surface area contributed by atoms with Crippen LogP contribution >= 0.6 is 11.6 Å². The molecule has 1 saturated heterocycles. The molecule has 3 atom stereocenters. The molecule has 0 aromatic heterocycles. The number of carbonyl (C=O) groups is 1. The highest BCUT2D eigenvalue weighted by Crippen LogP contribution is 2.62. The Hall–Kier alpha value is -2.33. The predicted molar refractivity (Wildman–Crippen MR) is 136 cm³/mol. The van der Waals surface area contributed by atoms with E-state index in [4.69, 9.17) is 11.6 Å². The zero-order chi connectivity index (χ0) is 24.6. The van der Waals surface area contributed by atoms with E-state index in [-0.39, 0.29) is 34.9 Å². The van der Waals surface area contributed by atoms with E-state index in [1.165, 1.54) is 30.5 Å². The third kappa shape index (κ3) is 5.34. The van der Waals surface area contributed by atoms with Crippen LogP contribution in [0, 0.1) is 23.1 Å². The zero-order valence-corrected chi connectivity index (χ0v) is 22.2. The van der Waals surface area contributed by atoms with E-state index in [2.05, 4.69) is 24.5 Å². The van der Waals surface area contributed by atoms with Gasteiger partial charge < -0.3 is 27.1 Å². The molecular formula is C28H33Cl2FN4O. The maximum Gasteiger partial charge on any atom is 0.322 e. The lowest BCUT2D eigenvalue weighted by molar-refractivity contribution is -0.897. The summed E-state index contributed by atoms with van der Waals surface area (Å²) in [5, 5.41) is 12.3. The molecule has 0 spiro atoms. The molecule has 0 radical (unpaired) electrons. The number of amides is 2. The Bertz CT molecular complexity index is 1160. The number of likely N-dealkylation sites (N-methyl/N-ethyl adjacent to an activating group) is 1. The quantitative estimate of drug-likeness (QED) is 0.583. The number of nitrogens with zero attached hydrogens (tertiary/aromatic N) is 3. The van der Waals surface area contributed by atoms with Crippen LogP contribution in [-0.2, 0) is 5.41 Å². The van der Waals surface area contributed by atoms with Crippen LogP contribution in [0.5, 0.6) is 0 Å². The van der Waals surface area contributed by atoms with Crippen LogP contribution in [0.2, 0.25) is 5.02 Å². The van der Waals surface area contributed by atoms with Crippen molar-refractivity contribution in [1.29, 1.82) is 5.26 Å². The second-order valence-corrected chi connectivity index (χ2v) is 11.3. The molecule has 5 rings (SSSR count). The van der Waals surface area contributed by atoms with E-state index in [9.17, 15) is 14.4 Å². The van der Waals surface area contributed by atoms with Gasteiger partial charge in [-0.25, -0.2) is 9.18 Å². The summed E-state index contributed by atoms with van der Waals surface area (Å²) in [6, 6.07) is 14.6. The van der Waals surface area contributed by atoms with Gasteiger partial charge in [0, 0.05) is 24.6 Å². The maximum absolute atomic E-state index is 13.6. The molecule has 1 N–H and O–H groups in total. The third-order valence-electron chi connectivity index (χ3n) is 8.68. The van der Waals surface area contributed by atoms with Gasteiger partial charge in [-0.3, -0.25) is 0 Å². The van der Waals surface area contributed by atoms with Gasteiger partial charge in [0.2, 0.25) is 0 Å². The third-order valence-corrected chi connectivity index (χ3v) is 8.97. The van der Waals surface area contributed by atoms with Crippen LogP contribution < -0.4 is 17.7 Å². The van der Waals surface area contributed by atoms with Crippen LogP contribution in [0.3, 0.4) is 0 Å². The van der Waals surface area contributed by atoms with Crippen molar-refractivity contribution < 1.29 is 26.1 Å². The number of rotatable bonds is 6. The fourth-order valence-electron chi connectivity index (χ4n) is 6.44. The summed E-state index contributed by atoms with van der Waals surface area (Å²) < 4.78 is 14.6. The molecule has 5 nitrogen and oxygen atoms in total. The summed E-state index contributed by atoms with van der Waals surface area (Å²) in [5.41, 5.74) is 2.65. The number of likely N-dealkylation sites (tertiary alicyclic amines) is 1. The molecule has 2 aromatic carbocycles. The Kier molecular flexibility index (Phi) is 7.85. The van der Waals surface area contributed by atoms with Crippen molar-refractivity contribution in [2.24, 2.45) is 5.92 Å². The highest BCUT2D eigenvalue weighted by atomic mass is 35.5. The molecule has 2 amide bonds. The summed E-state index contributed by atoms with van der Waals surface area (Å²) in [6.45, 7) is 3.96. The van der Waals surface area contributed by atoms with Crippen molar-refractivity contribution in [3.05, 3.63) is 64.4 Å². The Morgan fingerprint density at radius 1 is 1.28 bits per heavy atom. The predicted octanol–water partition coefficient (Wildman–Crippen LogP) is 2.94. The summed E-state index contributed by atoms with van der Waals surface area (Å²) in [4.78, 5) is 15.5. The summed E-state index contributed by atoms with van der Waals surface area (Å²) >= 11 is 5.95. The van der Waals surface area contributed by atoms with Crippen molar-refractivity contribution in [2.45, 2.75) is 50.0 Å². The average Bonchev–Trinajstić information content (AvgIpc) is 3.45. The fourth-order valence-corrected chi connectivity index (χ4v) is 6.62. The Morgan fingerprint density at radius 3 is 2.75 bits per heavy atom. The Morgan fingerprint density at radius 2 is 2.06 bits per heavy atom. The van der Waals surface area contributed by atoms with Gasteiger partial charge in [-0.2, -0.15) is 5.26 Å². The second-order valence-electron chi connectivity index (χ2n) is 10.9. The van der Waals surface area contributed by atoms with Crippen molar-refractivity contribution >= 4 is 23.3 Å². The normalized spacial score (nSPS) is 25.7. The number of hydrogen-bond acceptors (Lipinski definition) is 2. The largest absolute Gasteiger partial charge is 1.00 e. The first-order chi connectivity index (χ1) is 16.8. The van der Waals surface area contributed by atoms with E-state index in [1.807, 2.05) is 23.1 Å². The number of hydrogen-bond donors (Lipinski definition) is 1. The number of nitriles is 1. The van der Waals surface area contributed by atoms with Gasteiger partial charge in [0.1, 0.15) is 5.82 Å². The summed E-state index contributed by atoms with van der Waals surface area (Å²) in [5.74, 6) is 0.0353. The van der Waals surface area contributed by atoms with Gasteiger partial charge in [0.05, 0.1) is 49.9 Å². The van der Waals surface area contributed by atoms with Gasteiger partial charge in [-0.15, -0.1) is 0 Å². The minimum Gasteiger partial charge on any atom is -1.00 e. The van der Waals surface area contributed by atoms with Crippen molar-refractivity contribution in [1.82, 2.24) is 4.90 Å². The number of anilines is 1. The number of urea groups is 1. The second kappa shape index (κ2) is 10.6. The van der Waals surface area contributed by atoms with E-state index < -0.39 is 5.82 Å². The van der Waals surface area contributed by atoms with Crippen molar-refractivity contribution in [2.75, 3.05) is 38.5 Å². The molecule has 3 fully saturated rings. The number of quaternary nitrogens is 1. The molecule has 192 valence electrons. The van der Waals surface area contributed by atoms with Gasteiger partial charge in [0.15, 0.2) is 0 Å². The van der Waals surface area contributed by atoms with Gasteiger partial charge in [-0.1, -0.05) is 23.7 Å². The molecule has 3 aliphatic rings. The molecule has 8 heteroatoms. The number of carbonyl (C=O) groups excluding carboxylic acids is 1. The summed E-state index contributed by atoms with van der Waals surface area (Å²) in [6.07, 6.45) is 6.54. The van der Waals surface area contributed by atoms with Crippen LogP contribution in [0.1, 0.15) is 49.7 Å². The molecular weight excluding hydrogens is 498 g/mol. The van der Waals surface area contributed by atoms with Crippen molar-refractivity contribution in [3.63, 3.8) is 0 Å². The monoisotopic (exact) mass is 530 g/mol. The molecule has 36 heavy (non-hydrogen) atoms. The van der Waals surface area contributed by atoms with E-state index in [0.29, 0.717) is 23.7 Å². The fraction of sp³-hybridized carbons (Fsp3) is 0.500. The van der Waals surface area contributed by atoms with Gasteiger partial charge >= 0.3 is 6.03 Å². The van der Waals surface area contributed by atoms with Crippen LogP contribution in [0.4, 0.5) is 14.9 Å². The van der Waals surface area contributed by atoms with Crippen molar-refractivity contribution in [3.8, 4) is 6.07 Å². The number of nitrogens with one attached hydrogen (secondary N) is 1. The smallest absolute Gasteiger partial charge is 0.322 e. The number of fused-ring (bicyclic) bond motifs is 1. The van der Waals surface area contributed by atoms with Crippen LogP contribution in [0.25, 0.3) is 0 Å². The zero-order valence-electron chi connectivity index (χ0n) is 20.7. The molecule has 1 heterocycles. The van der Waals surface area contributed by atoms with Gasteiger partial charge in [-0.05, 0) is 72.9 Å². The maximum atomic E-state index is 13.6. The first kappa shape index (κ1) is 26.7. The average molecular weight is 532 g/mol. The van der Waals surface area contributed by atoms with Crippen LogP contribution in [0.15, 0.2) is 42.5 Å². The Balaban J connectivity index is 0.00000304. The number of halogens is 3. The minimum atomic E-state index is -0.495. The van der Waals surface area contributed by atoms with E-state index >= 15 is 0 Å². The standard InChI is InChI=1S/C28H32ClFN4O.ClH/c1-34(12-2-3-13-34)14-11-33(27(35)32-23-7-8-26(30)25(29)17-23)24-9-10-28(18-22(28)16-24)21-6-4-5-20(15-21)19-31;/h4-8,15,17,22,24H,2-3,9-14,16,18H2,1H3;1H/t22?,24?,28-;/m1./s1. The minimum absolute atomic E-state index is 0. The van der Waals surface area contributed by atoms with Crippen LogP contribution in [-0.4, -0.2) is 54.7 Å². The molecule has 0 bridgehead atoms. The van der Waals surface area contributed by atoms with E-state index in [1.54, 1.807) is 6.07 Å². The van der Waals surface area contributed by atoms with E-state index in [0.717, 1.165) is 49.8 Å². The number of benzene rings is 2. The molecule has 2 aliphatic carbocycles. The Labute approximate surface area is 224 Å². The van der Waals surface area contributed by atoms with Gasteiger partial charge in [0.25, 0.3) is 0 Å². The first-order valence-corrected chi connectivity index (χ1v) is 13.1. The SMILES string of the molecule is C[N+]1(CCN(C(=O)Nc2ccc(F)c(Cl)c2)C2CC[C@]3(c4cccc(C#N)c4)CC3C2)CCCC1.[Cl-]. The lowest BCUT2D eigenvalue weighted by Gasteiger charge is -2.39. The molecule has 2 aromatic rings. The highest BCUT2D eigenvalue weighted by Gasteiger charge is 2.58. The topological polar surface area (TPSA) is 56.1 Å². The lowest BCUT2D eigenvalue weighted by atomic mass is 9.80. The molecule has 1 aliphatic heterocycles. The first-order valence-electron chi connectivity index (χ1n) is 12.7. The molecule has 2 unspecified atom stereocenters. The highest BCUT2D eigenvalue weighted by molar-refractivity contribution is 6.31. The lowest BCUT2D eigenvalue weighted by Crippen LogP contribution is -3.00. The molecule has 2 saturated carbocycles.